The van der Waals surface area contributed by atoms with Crippen LogP contribution < -0.4 is 10.4 Å². The summed E-state index contributed by atoms with van der Waals surface area (Å²) < 4.78 is 20.4. The van der Waals surface area contributed by atoms with Gasteiger partial charge in [0.1, 0.15) is 18.5 Å². The minimum atomic E-state index is -1.10. The number of nitrogens with zero attached hydrogens (tertiary/aromatic N) is 3. The quantitative estimate of drug-likeness (QED) is 0.408. The molecule has 0 radical (unpaired) electrons. The molecule has 0 unspecified atom stereocenters. The van der Waals surface area contributed by atoms with E-state index < -0.39 is 11.5 Å². The summed E-state index contributed by atoms with van der Waals surface area (Å²) in [7, 11) is 0. The number of hydrogen-bond acceptors (Lipinski definition) is 6. The second-order valence-corrected chi connectivity index (χ2v) is 8.63. The summed E-state index contributed by atoms with van der Waals surface area (Å²) in [6, 6.07) is 14.4. The predicted molar refractivity (Wildman–Crippen MR) is 127 cm³/mol. The first-order chi connectivity index (χ1) is 16.5. The molecule has 0 amide bonds. The first-order valence-electron chi connectivity index (χ1n) is 10.5. The van der Waals surface area contributed by atoms with Gasteiger partial charge in [0.15, 0.2) is 0 Å². The van der Waals surface area contributed by atoms with Crippen molar-refractivity contribution in [2.75, 3.05) is 13.2 Å². The fraction of sp³-hybridized carbons (Fsp3) is 0.208. The van der Waals surface area contributed by atoms with Crippen molar-refractivity contribution in [1.82, 2.24) is 19.5 Å². The van der Waals surface area contributed by atoms with Crippen molar-refractivity contribution in [2.24, 2.45) is 0 Å². The van der Waals surface area contributed by atoms with E-state index in [0.29, 0.717) is 40.2 Å². The molecule has 0 aliphatic carbocycles. The zero-order chi connectivity index (χ0) is 23.5. The van der Waals surface area contributed by atoms with Crippen LogP contribution in [0.4, 0.5) is 0 Å². The number of ether oxygens (including phenoxy) is 3. The minimum Gasteiger partial charge on any atom is -0.491 e. The van der Waals surface area contributed by atoms with E-state index in [1.54, 1.807) is 30.7 Å². The molecule has 8 nitrogen and oxygen atoms in total. The van der Waals surface area contributed by atoms with Crippen molar-refractivity contribution < 1.29 is 14.2 Å². The van der Waals surface area contributed by atoms with Gasteiger partial charge in [-0.1, -0.05) is 29.3 Å². The lowest BCUT2D eigenvalue weighted by Gasteiger charge is -2.30. The lowest BCUT2D eigenvalue weighted by atomic mass is 10.1. The molecule has 2 atom stereocenters. The fourth-order valence-electron chi connectivity index (χ4n) is 3.83. The van der Waals surface area contributed by atoms with Crippen molar-refractivity contribution >= 4 is 23.2 Å². The summed E-state index contributed by atoms with van der Waals surface area (Å²) >= 11 is 12.6. The van der Waals surface area contributed by atoms with E-state index in [1.807, 2.05) is 41.1 Å². The van der Waals surface area contributed by atoms with Gasteiger partial charge < -0.3 is 23.8 Å². The number of aromatic amines is 1. The van der Waals surface area contributed by atoms with Crippen LogP contribution in [0.2, 0.25) is 10.0 Å². The molecule has 1 saturated heterocycles. The summed E-state index contributed by atoms with van der Waals surface area (Å²) in [5.74, 6) is -0.437. The molecule has 10 heteroatoms. The van der Waals surface area contributed by atoms with Gasteiger partial charge in [0.05, 0.1) is 30.2 Å². The van der Waals surface area contributed by atoms with E-state index in [0.717, 1.165) is 5.56 Å². The molecule has 2 aromatic carbocycles. The molecule has 1 aliphatic heterocycles. The maximum absolute atomic E-state index is 11.4. The molecule has 34 heavy (non-hydrogen) atoms. The SMILES string of the molecule is O=c1nccc(-c2ccc(OC[C@@H]3CO[C@@](Cn4ccnc4)(c4ccc(Cl)cc4Cl)O3)cc2)[nH]1. The molecular formula is C24H20Cl2N4O4. The number of rotatable bonds is 7. The predicted octanol–water partition coefficient (Wildman–Crippen LogP) is 4.29. The van der Waals surface area contributed by atoms with Crippen molar-refractivity contribution in [2.45, 2.75) is 18.4 Å². The summed E-state index contributed by atoms with van der Waals surface area (Å²) in [5, 5.41) is 0.989. The first kappa shape index (κ1) is 22.6. The van der Waals surface area contributed by atoms with Crippen LogP contribution in [0, 0.1) is 0 Å². The second-order valence-electron chi connectivity index (χ2n) is 7.79. The second kappa shape index (κ2) is 9.60. The normalized spacial score (nSPS) is 19.9. The molecule has 3 heterocycles. The van der Waals surface area contributed by atoms with Gasteiger partial charge in [-0.2, -0.15) is 0 Å². The Morgan fingerprint density at radius 1 is 1.15 bits per heavy atom. The van der Waals surface area contributed by atoms with Gasteiger partial charge in [-0.25, -0.2) is 14.8 Å². The minimum absolute atomic E-state index is 0.280. The number of aromatic nitrogens is 4. The smallest absolute Gasteiger partial charge is 0.345 e. The zero-order valence-electron chi connectivity index (χ0n) is 17.9. The Bertz CT molecular complexity index is 1330. The van der Waals surface area contributed by atoms with Gasteiger partial charge in [-0.3, -0.25) is 0 Å². The average molecular weight is 499 g/mol. The van der Waals surface area contributed by atoms with Gasteiger partial charge in [-0.15, -0.1) is 0 Å². The van der Waals surface area contributed by atoms with Crippen molar-refractivity contribution in [3.05, 3.63) is 99.5 Å². The monoisotopic (exact) mass is 498 g/mol. The third kappa shape index (κ3) is 4.85. The van der Waals surface area contributed by atoms with Gasteiger partial charge >= 0.3 is 5.69 Å². The van der Waals surface area contributed by atoms with E-state index in [4.69, 9.17) is 37.4 Å². The van der Waals surface area contributed by atoms with Crippen molar-refractivity contribution in [3.8, 4) is 17.0 Å². The highest BCUT2D eigenvalue weighted by Gasteiger charge is 2.45. The molecule has 4 aromatic rings. The molecule has 0 spiro atoms. The number of nitrogens with one attached hydrogen (secondary N) is 1. The van der Waals surface area contributed by atoms with Crippen LogP contribution in [0.5, 0.6) is 5.75 Å². The van der Waals surface area contributed by atoms with Crippen molar-refractivity contribution in [3.63, 3.8) is 0 Å². The number of hydrogen-bond donors (Lipinski definition) is 1. The third-order valence-corrected chi connectivity index (χ3v) is 5.97. The van der Waals surface area contributed by atoms with Gasteiger partial charge in [0.25, 0.3) is 0 Å². The molecule has 1 fully saturated rings. The van der Waals surface area contributed by atoms with E-state index in [-0.39, 0.29) is 12.7 Å². The average Bonchev–Trinajstić information content (AvgIpc) is 3.49. The summed E-state index contributed by atoms with van der Waals surface area (Å²) in [6.45, 7) is 0.968. The van der Waals surface area contributed by atoms with E-state index in [2.05, 4.69) is 15.0 Å². The molecular weight excluding hydrogens is 479 g/mol. The Hall–Kier alpha value is -3.17. The number of imidazole rings is 1. The molecule has 0 saturated carbocycles. The summed E-state index contributed by atoms with van der Waals surface area (Å²) in [5.41, 5.74) is 1.83. The molecule has 1 N–H and O–H groups in total. The zero-order valence-corrected chi connectivity index (χ0v) is 19.4. The maximum atomic E-state index is 11.4. The summed E-state index contributed by atoms with van der Waals surface area (Å²) in [4.78, 5) is 21.9. The highest BCUT2D eigenvalue weighted by atomic mass is 35.5. The van der Waals surface area contributed by atoms with E-state index in [9.17, 15) is 4.79 Å². The van der Waals surface area contributed by atoms with Gasteiger partial charge in [-0.05, 0) is 48.0 Å². The lowest BCUT2D eigenvalue weighted by Crippen LogP contribution is -2.34. The standard InChI is InChI=1S/C24H20Cl2N4O4/c25-17-3-6-20(21(26)11-17)24(14-30-10-9-27-15-30)33-13-19(34-24)12-32-18-4-1-16(2-5-18)22-7-8-28-23(31)29-22/h1-11,15,19H,12-14H2,(H,28,29,31)/t19-,24-/m1/s1. The van der Waals surface area contributed by atoms with Crippen LogP contribution in [0.15, 0.2) is 78.2 Å². The Morgan fingerprint density at radius 2 is 2.00 bits per heavy atom. The van der Waals surface area contributed by atoms with E-state index >= 15 is 0 Å². The van der Waals surface area contributed by atoms with Gasteiger partial charge in [0, 0.05) is 29.2 Å². The fourth-order valence-corrected chi connectivity index (χ4v) is 4.38. The lowest BCUT2D eigenvalue weighted by molar-refractivity contribution is -0.189. The number of benzene rings is 2. The van der Waals surface area contributed by atoms with Crippen LogP contribution in [0.1, 0.15) is 5.56 Å². The van der Waals surface area contributed by atoms with E-state index in [1.165, 1.54) is 6.20 Å². The number of halogens is 2. The molecule has 5 rings (SSSR count). The molecule has 0 bridgehead atoms. The Kier molecular flexibility index (Phi) is 6.38. The summed E-state index contributed by atoms with van der Waals surface area (Å²) in [6.07, 6.45) is 6.36. The topological polar surface area (TPSA) is 91.3 Å². The van der Waals surface area contributed by atoms with Crippen LogP contribution in [-0.4, -0.2) is 38.8 Å². The maximum Gasteiger partial charge on any atom is 0.345 e. The number of H-pyrrole nitrogens is 1. The highest BCUT2D eigenvalue weighted by molar-refractivity contribution is 6.35. The van der Waals surface area contributed by atoms with Crippen LogP contribution in [0.3, 0.4) is 0 Å². The van der Waals surface area contributed by atoms with Gasteiger partial charge in [0.2, 0.25) is 5.79 Å². The molecule has 174 valence electrons. The van der Waals surface area contributed by atoms with Crippen LogP contribution >= 0.6 is 23.2 Å². The highest BCUT2D eigenvalue weighted by Crippen LogP contribution is 2.40. The molecule has 2 aromatic heterocycles. The molecule has 1 aliphatic rings. The van der Waals surface area contributed by atoms with Crippen LogP contribution in [0.25, 0.3) is 11.3 Å². The third-order valence-electron chi connectivity index (χ3n) is 5.43. The Morgan fingerprint density at radius 3 is 2.74 bits per heavy atom. The Labute approximate surface area is 205 Å². The Balaban J connectivity index is 1.29. The first-order valence-corrected chi connectivity index (χ1v) is 11.3. The van der Waals surface area contributed by atoms with Crippen molar-refractivity contribution in [1.29, 1.82) is 0 Å². The largest absolute Gasteiger partial charge is 0.491 e. The van der Waals surface area contributed by atoms with Crippen LogP contribution in [-0.2, 0) is 21.8 Å².